The standard InChI is InChI=1S/C17H24F3N3O2/c1-10-6-11(2)15(12(3)7-10)22-14(24)8-23(5)13(4)16(25)21-9-17(18,19)20/h6-7,13H,8-9H2,1-5H3,(H,21,25)(H,22,24)/t13-/m0/s1. The van der Waals surface area contributed by atoms with Gasteiger partial charge in [0.05, 0.1) is 12.6 Å². The van der Waals surface area contributed by atoms with Gasteiger partial charge in [-0.15, -0.1) is 0 Å². The maximum Gasteiger partial charge on any atom is 0.405 e. The third kappa shape index (κ3) is 6.74. The first-order valence-corrected chi connectivity index (χ1v) is 7.83. The third-order valence-electron chi connectivity index (χ3n) is 3.84. The summed E-state index contributed by atoms with van der Waals surface area (Å²) in [6, 6.07) is 3.02. The highest BCUT2D eigenvalue weighted by Gasteiger charge is 2.29. The lowest BCUT2D eigenvalue weighted by Gasteiger charge is -2.24. The van der Waals surface area contributed by atoms with Crippen LogP contribution in [0.25, 0.3) is 0 Å². The molecule has 1 aromatic rings. The maximum atomic E-state index is 12.2. The van der Waals surface area contributed by atoms with Gasteiger partial charge in [0.2, 0.25) is 11.8 Å². The van der Waals surface area contributed by atoms with E-state index in [1.165, 1.54) is 18.9 Å². The van der Waals surface area contributed by atoms with Crippen LogP contribution in [0.4, 0.5) is 18.9 Å². The monoisotopic (exact) mass is 359 g/mol. The van der Waals surface area contributed by atoms with Gasteiger partial charge in [0.1, 0.15) is 6.54 Å². The molecule has 0 unspecified atom stereocenters. The van der Waals surface area contributed by atoms with Crippen LogP contribution in [0.3, 0.4) is 0 Å². The van der Waals surface area contributed by atoms with Gasteiger partial charge in [0, 0.05) is 5.69 Å². The summed E-state index contributed by atoms with van der Waals surface area (Å²) in [7, 11) is 1.51. The number of carbonyl (C=O) groups excluding carboxylic acids is 2. The van der Waals surface area contributed by atoms with Crippen molar-refractivity contribution in [2.45, 2.75) is 39.9 Å². The fourth-order valence-corrected chi connectivity index (χ4v) is 2.45. The van der Waals surface area contributed by atoms with Crippen LogP contribution < -0.4 is 10.6 Å². The van der Waals surface area contributed by atoms with E-state index in [0.717, 1.165) is 16.7 Å². The Bertz CT molecular complexity index is 622. The van der Waals surface area contributed by atoms with Gasteiger partial charge in [0.15, 0.2) is 0 Å². The van der Waals surface area contributed by atoms with Gasteiger partial charge in [-0.05, 0) is 45.9 Å². The van der Waals surface area contributed by atoms with Crippen molar-refractivity contribution in [3.05, 3.63) is 28.8 Å². The number of amides is 2. The van der Waals surface area contributed by atoms with E-state index in [-0.39, 0.29) is 12.5 Å². The minimum absolute atomic E-state index is 0.118. The molecule has 0 bridgehead atoms. The Hall–Kier alpha value is -2.09. The van der Waals surface area contributed by atoms with Gasteiger partial charge in [-0.3, -0.25) is 14.5 Å². The molecule has 25 heavy (non-hydrogen) atoms. The molecule has 1 atom stereocenters. The normalized spacial score (nSPS) is 12.8. The number of alkyl halides is 3. The highest BCUT2D eigenvalue weighted by Crippen LogP contribution is 2.21. The molecule has 0 aliphatic rings. The summed E-state index contributed by atoms with van der Waals surface area (Å²) < 4.78 is 36.4. The van der Waals surface area contributed by atoms with Gasteiger partial charge in [-0.25, -0.2) is 0 Å². The number of halogens is 3. The minimum atomic E-state index is -4.47. The molecule has 0 saturated carbocycles. The predicted octanol–water partition coefficient (Wildman–Crippen LogP) is 2.55. The number of aryl methyl sites for hydroxylation is 3. The largest absolute Gasteiger partial charge is 0.405 e. The van der Waals surface area contributed by atoms with Crippen LogP contribution in [-0.2, 0) is 9.59 Å². The van der Waals surface area contributed by atoms with E-state index in [1.54, 1.807) is 0 Å². The van der Waals surface area contributed by atoms with Crippen LogP contribution in [0.1, 0.15) is 23.6 Å². The zero-order chi connectivity index (χ0) is 19.4. The fourth-order valence-electron chi connectivity index (χ4n) is 2.45. The molecule has 2 amide bonds. The van der Waals surface area contributed by atoms with E-state index in [4.69, 9.17) is 0 Å². The second kappa shape index (κ2) is 8.33. The van der Waals surface area contributed by atoms with Crippen LogP contribution in [0, 0.1) is 20.8 Å². The quantitative estimate of drug-likeness (QED) is 0.821. The zero-order valence-electron chi connectivity index (χ0n) is 15.0. The third-order valence-corrected chi connectivity index (χ3v) is 3.84. The van der Waals surface area contributed by atoms with E-state index < -0.39 is 24.7 Å². The molecule has 0 heterocycles. The Balaban J connectivity index is 2.63. The molecular weight excluding hydrogens is 335 g/mol. The summed E-state index contributed by atoms with van der Waals surface area (Å²) in [6.45, 7) is 5.66. The number of anilines is 1. The molecule has 0 aromatic heterocycles. The Morgan fingerprint density at radius 1 is 1.16 bits per heavy atom. The van der Waals surface area contributed by atoms with E-state index in [0.29, 0.717) is 5.69 Å². The number of hydrogen-bond donors (Lipinski definition) is 2. The van der Waals surface area contributed by atoms with Crippen molar-refractivity contribution in [1.82, 2.24) is 10.2 Å². The van der Waals surface area contributed by atoms with E-state index >= 15 is 0 Å². The highest BCUT2D eigenvalue weighted by atomic mass is 19.4. The van der Waals surface area contributed by atoms with Crippen LogP contribution in [0.15, 0.2) is 12.1 Å². The second-order valence-electron chi connectivity index (χ2n) is 6.25. The summed E-state index contributed by atoms with van der Waals surface area (Å²) >= 11 is 0. The average molecular weight is 359 g/mol. The van der Waals surface area contributed by atoms with Crippen molar-refractivity contribution < 1.29 is 22.8 Å². The first kappa shape index (κ1) is 21.0. The molecule has 0 spiro atoms. The summed E-state index contributed by atoms with van der Waals surface area (Å²) in [5, 5.41) is 4.61. The molecular formula is C17H24F3N3O2. The molecule has 1 aromatic carbocycles. The first-order valence-electron chi connectivity index (χ1n) is 7.83. The second-order valence-corrected chi connectivity index (χ2v) is 6.25. The number of carbonyl (C=O) groups is 2. The number of nitrogens with zero attached hydrogens (tertiary/aromatic N) is 1. The lowest BCUT2D eigenvalue weighted by Crippen LogP contribution is -2.47. The van der Waals surface area contributed by atoms with Gasteiger partial charge >= 0.3 is 6.18 Å². The van der Waals surface area contributed by atoms with Crippen molar-refractivity contribution >= 4 is 17.5 Å². The van der Waals surface area contributed by atoms with Gasteiger partial charge in [0.25, 0.3) is 0 Å². The van der Waals surface area contributed by atoms with Crippen LogP contribution in [-0.4, -0.2) is 49.1 Å². The Kier molecular flexibility index (Phi) is 6.98. The molecule has 0 saturated heterocycles. The number of rotatable bonds is 6. The van der Waals surface area contributed by atoms with Gasteiger partial charge < -0.3 is 10.6 Å². The van der Waals surface area contributed by atoms with Crippen molar-refractivity contribution in [2.24, 2.45) is 0 Å². The SMILES string of the molecule is Cc1cc(C)c(NC(=O)CN(C)[C@@H](C)C(=O)NCC(F)(F)F)c(C)c1. The summed E-state index contributed by atoms with van der Waals surface area (Å²) in [5.74, 6) is -1.12. The minimum Gasteiger partial charge on any atom is -0.346 e. The van der Waals surface area contributed by atoms with E-state index in [9.17, 15) is 22.8 Å². The van der Waals surface area contributed by atoms with Gasteiger partial charge in [-0.2, -0.15) is 13.2 Å². The molecule has 140 valence electrons. The van der Waals surface area contributed by atoms with Crippen molar-refractivity contribution in [3.63, 3.8) is 0 Å². The molecule has 0 aliphatic heterocycles. The van der Waals surface area contributed by atoms with E-state index in [1.807, 2.05) is 38.2 Å². The maximum absolute atomic E-state index is 12.2. The molecule has 0 aliphatic carbocycles. The van der Waals surface area contributed by atoms with Crippen molar-refractivity contribution in [3.8, 4) is 0 Å². The predicted molar refractivity (Wildman–Crippen MR) is 90.4 cm³/mol. The zero-order valence-corrected chi connectivity index (χ0v) is 15.0. The molecule has 5 nitrogen and oxygen atoms in total. The summed E-state index contributed by atoms with van der Waals surface area (Å²) in [6.07, 6.45) is -4.47. The smallest absolute Gasteiger partial charge is 0.346 e. The number of hydrogen-bond acceptors (Lipinski definition) is 3. The van der Waals surface area contributed by atoms with Crippen LogP contribution >= 0.6 is 0 Å². The van der Waals surface area contributed by atoms with Crippen molar-refractivity contribution in [1.29, 1.82) is 0 Å². The molecule has 0 radical (unpaired) electrons. The van der Waals surface area contributed by atoms with Crippen molar-refractivity contribution in [2.75, 3.05) is 25.5 Å². The summed E-state index contributed by atoms with van der Waals surface area (Å²) in [5.41, 5.74) is 3.63. The van der Waals surface area contributed by atoms with E-state index in [2.05, 4.69) is 5.32 Å². The van der Waals surface area contributed by atoms with Crippen LogP contribution in [0.5, 0.6) is 0 Å². The number of likely N-dealkylation sites (N-methyl/N-ethyl adjacent to an activating group) is 1. The van der Waals surface area contributed by atoms with Crippen LogP contribution in [0.2, 0.25) is 0 Å². The average Bonchev–Trinajstić information content (AvgIpc) is 2.46. The summed E-state index contributed by atoms with van der Waals surface area (Å²) in [4.78, 5) is 25.3. The number of nitrogens with one attached hydrogen (secondary N) is 2. The topological polar surface area (TPSA) is 61.4 Å². The number of benzene rings is 1. The first-order chi connectivity index (χ1) is 11.4. The Labute approximate surface area is 145 Å². The molecule has 8 heteroatoms. The van der Waals surface area contributed by atoms with Gasteiger partial charge in [-0.1, -0.05) is 17.7 Å². The Morgan fingerprint density at radius 3 is 2.16 bits per heavy atom. The lowest BCUT2D eigenvalue weighted by atomic mass is 10.1. The molecule has 0 fully saturated rings. The molecule has 2 N–H and O–H groups in total. The lowest BCUT2D eigenvalue weighted by molar-refractivity contribution is -0.141. The fraction of sp³-hybridized carbons (Fsp3) is 0.529. The highest BCUT2D eigenvalue weighted by molar-refractivity contribution is 5.94. The molecule has 1 rings (SSSR count). The Morgan fingerprint density at radius 2 is 1.68 bits per heavy atom.